The molecule has 1 aliphatic rings. The number of carbonyl (C=O) groups is 1. The van der Waals surface area contributed by atoms with Gasteiger partial charge in [-0.1, -0.05) is 13.3 Å². The normalized spacial score (nSPS) is 20.7. The molecule has 6 nitrogen and oxygen atoms in total. The molecule has 6 heteroatoms. The summed E-state index contributed by atoms with van der Waals surface area (Å²) in [4.78, 5) is 25.0. The highest BCUT2D eigenvalue weighted by Crippen LogP contribution is 2.30. The average Bonchev–Trinajstić information content (AvgIpc) is 2.84. The molecule has 0 aromatic carbocycles. The molecule has 2 heterocycles. The number of rotatable bonds is 5. The zero-order chi connectivity index (χ0) is 17.1. The van der Waals surface area contributed by atoms with Gasteiger partial charge in [0.15, 0.2) is 0 Å². The number of amides is 1. The Kier molecular flexibility index (Phi) is 5.44. The van der Waals surface area contributed by atoms with E-state index in [1.165, 1.54) is 0 Å². The Hall–Kier alpha value is -1.85. The lowest BCUT2D eigenvalue weighted by Gasteiger charge is -2.22. The Bertz CT molecular complexity index is 572. The molecule has 128 valence electrons. The van der Waals surface area contributed by atoms with E-state index in [1.54, 1.807) is 6.92 Å². The average molecular weight is 319 g/mol. The lowest BCUT2D eigenvalue weighted by Crippen LogP contribution is -2.39. The molecule has 0 radical (unpaired) electrons. The second kappa shape index (κ2) is 7.15. The van der Waals surface area contributed by atoms with Crippen LogP contribution in [0.2, 0.25) is 0 Å². The van der Waals surface area contributed by atoms with Crippen molar-refractivity contribution >= 4 is 17.7 Å². The Morgan fingerprint density at radius 2 is 2.00 bits per heavy atom. The van der Waals surface area contributed by atoms with Crippen LogP contribution >= 0.6 is 0 Å². The zero-order valence-electron chi connectivity index (χ0n) is 15.2. The third kappa shape index (κ3) is 3.92. The van der Waals surface area contributed by atoms with Crippen molar-refractivity contribution in [1.82, 2.24) is 15.3 Å². The highest BCUT2D eigenvalue weighted by molar-refractivity contribution is 5.73. The van der Waals surface area contributed by atoms with Crippen LogP contribution in [0.15, 0.2) is 0 Å². The summed E-state index contributed by atoms with van der Waals surface area (Å²) >= 11 is 0. The van der Waals surface area contributed by atoms with Crippen LogP contribution in [0.1, 0.15) is 37.9 Å². The Morgan fingerprint density at radius 3 is 2.57 bits per heavy atom. The van der Waals surface area contributed by atoms with Crippen molar-refractivity contribution in [3.8, 4) is 0 Å². The van der Waals surface area contributed by atoms with E-state index in [0.717, 1.165) is 49.0 Å². The molecule has 2 rings (SSSR count). The summed E-state index contributed by atoms with van der Waals surface area (Å²) in [7, 11) is 3.91. The molecule has 2 atom stereocenters. The van der Waals surface area contributed by atoms with Gasteiger partial charge in [-0.05, 0) is 26.2 Å². The quantitative estimate of drug-likeness (QED) is 0.898. The number of nitrogens with one attached hydrogen (secondary N) is 1. The van der Waals surface area contributed by atoms with Gasteiger partial charge in [-0.25, -0.2) is 4.98 Å². The minimum atomic E-state index is 0.0440. The summed E-state index contributed by atoms with van der Waals surface area (Å²) < 4.78 is 0. The van der Waals surface area contributed by atoms with Crippen molar-refractivity contribution in [3.05, 3.63) is 11.3 Å². The molecule has 1 aromatic rings. The number of aromatic nitrogens is 2. The first-order valence-electron chi connectivity index (χ1n) is 8.38. The molecule has 0 spiro atoms. The fourth-order valence-corrected chi connectivity index (χ4v) is 3.24. The molecule has 1 saturated heterocycles. The maximum absolute atomic E-state index is 11.5. The Balaban J connectivity index is 2.29. The van der Waals surface area contributed by atoms with Crippen LogP contribution in [0.4, 0.5) is 11.8 Å². The molecule has 0 unspecified atom stereocenters. The fourth-order valence-electron chi connectivity index (χ4n) is 3.24. The molecule has 0 aliphatic carbocycles. The molecular formula is C17H29N5O. The standard InChI is InChI=1S/C17H29N5O/c1-7-8-14-9-22(10-15(14)19-13(4)23)16-11(2)12(3)18-17(20-16)21(5)6/h14-15H,7-10H2,1-6H3,(H,19,23)/t14-,15-/m1/s1. The molecule has 0 bridgehead atoms. The lowest BCUT2D eigenvalue weighted by molar-refractivity contribution is -0.119. The van der Waals surface area contributed by atoms with Gasteiger partial charge in [-0.3, -0.25) is 4.79 Å². The SMILES string of the molecule is CCC[C@@H]1CN(c2nc(N(C)C)nc(C)c2C)C[C@H]1NC(C)=O. The van der Waals surface area contributed by atoms with Crippen LogP contribution in [0.3, 0.4) is 0 Å². The number of hydrogen-bond donors (Lipinski definition) is 1. The summed E-state index contributed by atoms with van der Waals surface area (Å²) in [6.45, 7) is 9.63. The van der Waals surface area contributed by atoms with Crippen molar-refractivity contribution in [2.45, 2.75) is 46.6 Å². The molecular weight excluding hydrogens is 290 g/mol. The number of anilines is 2. The molecule has 1 aromatic heterocycles. The van der Waals surface area contributed by atoms with Gasteiger partial charge in [0, 0.05) is 45.4 Å². The van der Waals surface area contributed by atoms with E-state index in [2.05, 4.69) is 29.0 Å². The van der Waals surface area contributed by atoms with E-state index in [-0.39, 0.29) is 11.9 Å². The number of hydrogen-bond acceptors (Lipinski definition) is 5. The van der Waals surface area contributed by atoms with E-state index in [1.807, 2.05) is 25.9 Å². The Labute approximate surface area is 139 Å². The van der Waals surface area contributed by atoms with Gasteiger partial charge in [0.25, 0.3) is 0 Å². The summed E-state index contributed by atoms with van der Waals surface area (Å²) in [6.07, 6.45) is 2.24. The number of nitrogens with zero attached hydrogens (tertiary/aromatic N) is 4. The van der Waals surface area contributed by atoms with Crippen LogP contribution < -0.4 is 15.1 Å². The highest BCUT2D eigenvalue weighted by atomic mass is 16.1. The van der Waals surface area contributed by atoms with Crippen molar-refractivity contribution < 1.29 is 4.79 Å². The third-order valence-electron chi connectivity index (χ3n) is 4.54. The molecule has 1 aliphatic heterocycles. The highest BCUT2D eigenvalue weighted by Gasteiger charge is 2.34. The van der Waals surface area contributed by atoms with Crippen molar-refractivity contribution in [1.29, 1.82) is 0 Å². The van der Waals surface area contributed by atoms with Crippen LogP contribution in [0.25, 0.3) is 0 Å². The smallest absolute Gasteiger partial charge is 0.227 e. The van der Waals surface area contributed by atoms with E-state index < -0.39 is 0 Å². The zero-order valence-corrected chi connectivity index (χ0v) is 15.2. The van der Waals surface area contributed by atoms with E-state index in [0.29, 0.717) is 5.92 Å². The lowest BCUT2D eigenvalue weighted by atomic mass is 9.98. The van der Waals surface area contributed by atoms with E-state index in [9.17, 15) is 4.79 Å². The van der Waals surface area contributed by atoms with Gasteiger partial charge in [0.2, 0.25) is 11.9 Å². The van der Waals surface area contributed by atoms with Crippen molar-refractivity contribution in [2.24, 2.45) is 5.92 Å². The predicted molar refractivity (Wildman–Crippen MR) is 94.0 cm³/mol. The van der Waals surface area contributed by atoms with Crippen LogP contribution in [0, 0.1) is 19.8 Å². The second-order valence-corrected chi connectivity index (χ2v) is 6.71. The molecule has 1 amide bonds. The first-order chi connectivity index (χ1) is 10.8. The number of carbonyl (C=O) groups excluding carboxylic acids is 1. The fraction of sp³-hybridized carbons (Fsp3) is 0.706. The maximum Gasteiger partial charge on any atom is 0.227 e. The minimum Gasteiger partial charge on any atom is -0.354 e. The van der Waals surface area contributed by atoms with Gasteiger partial charge >= 0.3 is 0 Å². The van der Waals surface area contributed by atoms with Crippen LogP contribution in [0.5, 0.6) is 0 Å². The third-order valence-corrected chi connectivity index (χ3v) is 4.54. The number of aryl methyl sites for hydroxylation is 1. The predicted octanol–water partition coefficient (Wildman–Crippen LogP) is 1.90. The summed E-state index contributed by atoms with van der Waals surface area (Å²) in [5.41, 5.74) is 2.13. The van der Waals surface area contributed by atoms with Gasteiger partial charge in [-0.15, -0.1) is 0 Å². The van der Waals surface area contributed by atoms with E-state index >= 15 is 0 Å². The Morgan fingerprint density at radius 1 is 1.30 bits per heavy atom. The van der Waals surface area contributed by atoms with Gasteiger partial charge in [0.1, 0.15) is 5.82 Å². The van der Waals surface area contributed by atoms with Crippen molar-refractivity contribution in [3.63, 3.8) is 0 Å². The van der Waals surface area contributed by atoms with E-state index in [4.69, 9.17) is 4.98 Å². The molecule has 23 heavy (non-hydrogen) atoms. The van der Waals surface area contributed by atoms with Gasteiger partial charge < -0.3 is 15.1 Å². The molecule has 1 fully saturated rings. The minimum absolute atomic E-state index is 0.0440. The van der Waals surface area contributed by atoms with Crippen LogP contribution in [-0.4, -0.2) is 49.1 Å². The first-order valence-corrected chi connectivity index (χ1v) is 8.38. The van der Waals surface area contributed by atoms with Crippen molar-refractivity contribution in [2.75, 3.05) is 37.0 Å². The summed E-state index contributed by atoms with van der Waals surface area (Å²) in [5, 5.41) is 3.11. The maximum atomic E-state index is 11.5. The summed E-state index contributed by atoms with van der Waals surface area (Å²) in [5.74, 6) is 2.25. The largest absolute Gasteiger partial charge is 0.354 e. The topological polar surface area (TPSA) is 61.4 Å². The first kappa shape index (κ1) is 17.5. The molecule has 0 saturated carbocycles. The van der Waals surface area contributed by atoms with Gasteiger partial charge in [-0.2, -0.15) is 4.98 Å². The molecule has 1 N–H and O–H groups in total. The van der Waals surface area contributed by atoms with Gasteiger partial charge in [0.05, 0.1) is 6.04 Å². The van der Waals surface area contributed by atoms with Crippen LogP contribution in [-0.2, 0) is 4.79 Å². The summed E-state index contributed by atoms with van der Waals surface area (Å²) in [6, 6.07) is 0.199. The monoisotopic (exact) mass is 319 g/mol. The second-order valence-electron chi connectivity index (χ2n) is 6.71.